The minimum atomic E-state index is -0.115. The molecule has 0 aliphatic heterocycles. The van der Waals surface area contributed by atoms with E-state index in [1.54, 1.807) is 6.92 Å². The lowest BCUT2D eigenvalue weighted by Gasteiger charge is -2.03. The summed E-state index contributed by atoms with van der Waals surface area (Å²) in [6.07, 6.45) is 22.3. The molecule has 0 rings (SSSR count). The highest BCUT2D eigenvalue weighted by Crippen LogP contribution is 2.13. The Labute approximate surface area is 263 Å². The van der Waals surface area contributed by atoms with Gasteiger partial charge >= 0.3 is 0 Å². The van der Waals surface area contributed by atoms with Gasteiger partial charge in [0.05, 0.1) is 0 Å². The number of hydrogen-bond acceptors (Lipinski definition) is 3. The minimum absolute atomic E-state index is 0.00562. The van der Waals surface area contributed by atoms with Gasteiger partial charge in [0.2, 0.25) is 0 Å². The molecule has 0 saturated heterocycles. The van der Waals surface area contributed by atoms with Crippen LogP contribution in [0.1, 0.15) is 130 Å². The summed E-state index contributed by atoms with van der Waals surface area (Å²) in [6.45, 7) is 7.85. The maximum Gasteiger partial charge on any atom is 0.171 e. The summed E-state index contributed by atoms with van der Waals surface area (Å²) in [7, 11) is 0. The highest BCUT2D eigenvalue weighted by Gasteiger charge is 2.02. The molecule has 0 aliphatic carbocycles. The standard InChI is InChI=1S/C38H40O3.C2H6/c1-3-5-7-9-11-13-15-17-19-20-22-24-26-28-30-32-34-36-40-41-37-38(39)35-33-31-29-27-25-23-21-18-16-14-12-10-8-6-4-2;1-2/h4,6,8,10,12,14,16,18,21,23,25,27,29,31,33,35,37H2,1-2H3;1-2H3. The first-order chi connectivity index (χ1) is 21.3. The van der Waals surface area contributed by atoms with Crippen molar-refractivity contribution in [2.24, 2.45) is 0 Å². The summed E-state index contributed by atoms with van der Waals surface area (Å²) in [5, 5.41) is 0. The van der Waals surface area contributed by atoms with E-state index in [1.165, 1.54) is 83.5 Å². The molecule has 0 aromatic carbocycles. The molecule has 0 fully saturated rings. The van der Waals surface area contributed by atoms with E-state index in [4.69, 9.17) is 4.89 Å². The fourth-order valence-electron chi connectivity index (χ4n) is 3.44. The van der Waals surface area contributed by atoms with Crippen molar-refractivity contribution in [1.29, 1.82) is 0 Å². The van der Waals surface area contributed by atoms with Crippen molar-refractivity contribution in [3.8, 4) is 107 Å². The predicted octanol–water partition coefficient (Wildman–Crippen LogP) is 7.80. The van der Waals surface area contributed by atoms with E-state index in [9.17, 15) is 4.79 Å². The van der Waals surface area contributed by atoms with Crippen LogP contribution in [0.15, 0.2) is 0 Å². The molecule has 0 aromatic rings. The maximum atomic E-state index is 11.8. The second kappa shape index (κ2) is 39.6. The normalized spacial score (nSPS) is 7.63. The summed E-state index contributed by atoms with van der Waals surface area (Å²) in [5.41, 5.74) is 0. The Morgan fingerprint density at radius 2 is 0.791 bits per heavy atom. The third-order valence-electron chi connectivity index (χ3n) is 5.49. The average molecular weight is 575 g/mol. The first-order valence-corrected chi connectivity index (χ1v) is 15.5. The zero-order chi connectivity index (χ0) is 31.7. The molecule has 43 heavy (non-hydrogen) atoms. The van der Waals surface area contributed by atoms with Gasteiger partial charge in [-0.1, -0.05) is 117 Å². The molecule has 224 valence electrons. The van der Waals surface area contributed by atoms with Crippen LogP contribution >= 0.6 is 0 Å². The first kappa shape index (κ1) is 40.6. The van der Waals surface area contributed by atoms with Crippen molar-refractivity contribution < 1.29 is 14.6 Å². The SMILES string of the molecule is CC.CC#CC#CC#CC#CC#CC#CC#CC#CC#COOCC(=O)CCCCCCCCCCCCCCCCC. The smallest absolute Gasteiger partial charge is 0.171 e. The van der Waals surface area contributed by atoms with Crippen LogP contribution < -0.4 is 0 Å². The Morgan fingerprint density at radius 3 is 1.16 bits per heavy atom. The van der Waals surface area contributed by atoms with Gasteiger partial charge in [0.1, 0.15) is 0 Å². The number of carbonyl (C=O) groups is 1. The van der Waals surface area contributed by atoms with Gasteiger partial charge in [-0.15, -0.1) is 0 Å². The number of Topliss-reactive ketones (excluding diaryl/α,β-unsaturated/α-hetero) is 1. The summed E-state index contributed by atoms with van der Waals surface area (Å²) in [4.78, 5) is 21.3. The molecular formula is C40H46O3. The van der Waals surface area contributed by atoms with Gasteiger partial charge in [-0.05, 0) is 60.7 Å². The Kier molecular flexibility index (Phi) is 37.4. The molecule has 0 radical (unpaired) electrons. The van der Waals surface area contributed by atoms with Crippen LogP contribution in [-0.2, 0) is 14.6 Å². The molecule has 3 heteroatoms. The highest BCUT2D eigenvalue weighted by molar-refractivity contribution is 5.79. The van der Waals surface area contributed by atoms with Gasteiger partial charge in [0, 0.05) is 53.8 Å². The van der Waals surface area contributed by atoms with Crippen molar-refractivity contribution >= 4 is 5.78 Å². The molecule has 0 amide bonds. The molecule has 0 unspecified atom stereocenters. The Balaban J connectivity index is 0. The second-order valence-corrected chi connectivity index (χ2v) is 8.94. The van der Waals surface area contributed by atoms with Gasteiger partial charge in [0.15, 0.2) is 18.5 Å². The monoisotopic (exact) mass is 574 g/mol. The zero-order valence-electron chi connectivity index (χ0n) is 26.7. The van der Waals surface area contributed by atoms with Crippen molar-refractivity contribution in [1.82, 2.24) is 0 Å². The molecule has 0 atom stereocenters. The minimum Gasteiger partial charge on any atom is -0.297 e. The van der Waals surface area contributed by atoms with E-state index in [0.717, 1.165) is 12.8 Å². The van der Waals surface area contributed by atoms with E-state index in [1.807, 2.05) is 13.8 Å². The van der Waals surface area contributed by atoms with Crippen LogP contribution in [0.2, 0.25) is 0 Å². The molecule has 0 heterocycles. The van der Waals surface area contributed by atoms with Crippen LogP contribution in [0.3, 0.4) is 0 Å². The number of hydrogen-bond donors (Lipinski definition) is 0. The predicted molar refractivity (Wildman–Crippen MR) is 179 cm³/mol. The lowest BCUT2D eigenvalue weighted by molar-refractivity contribution is -0.232. The zero-order valence-corrected chi connectivity index (χ0v) is 26.7. The lowest BCUT2D eigenvalue weighted by Crippen LogP contribution is -2.07. The maximum absolute atomic E-state index is 11.8. The van der Waals surface area contributed by atoms with Crippen LogP contribution in [0, 0.1) is 107 Å². The topological polar surface area (TPSA) is 35.5 Å². The van der Waals surface area contributed by atoms with Crippen LogP contribution in [0.25, 0.3) is 0 Å². The Hall–Kier alpha value is -4.53. The first-order valence-electron chi connectivity index (χ1n) is 15.5. The molecule has 0 N–H and O–H groups in total. The van der Waals surface area contributed by atoms with E-state index in [-0.39, 0.29) is 12.4 Å². The molecule has 0 aromatic heterocycles. The fraction of sp³-hybridized carbons (Fsp3) is 0.525. The van der Waals surface area contributed by atoms with Crippen molar-refractivity contribution in [2.45, 2.75) is 130 Å². The van der Waals surface area contributed by atoms with Gasteiger partial charge in [-0.25, -0.2) is 0 Å². The van der Waals surface area contributed by atoms with E-state index < -0.39 is 0 Å². The molecular weight excluding hydrogens is 528 g/mol. The van der Waals surface area contributed by atoms with Crippen LogP contribution in [0.4, 0.5) is 0 Å². The lowest BCUT2D eigenvalue weighted by atomic mass is 10.0. The molecule has 3 nitrogen and oxygen atoms in total. The average Bonchev–Trinajstić information content (AvgIpc) is 3.03. The molecule has 0 bridgehead atoms. The van der Waals surface area contributed by atoms with Gasteiger partial charge in [-0.2, -0.15) is 4.89 Å². The van der Waals surface area contributed by atoms with E-state index in [0.29, 0.717) is 6.42 Å². The summed E-state index contributed by atoms with van der Waals surface area (Å²) in [5.74, 6) is 42.8. The third kappa shape index (κ3) is 39.7. The summed E-state index contributed by atoms with van der Waals surface area (Å²) < 4.78 is 0. The molecule has 0 aliphatic rings. The third-order valence-corrected chi connectivity index (χ3v) is 5.49. The second-order valence-electron chi connectivity index (χ2n) is 8.94. The van der Waals surface area contributed by atoms with Gasteiger partial charge in [0.25, 0.3) is 0 Å². The van der Waals surface area contributed by atoms with Crippen molar-refractivity contribution in [3.05, 3.63) is 0 Å². The van der Waals surface area contributed by atoms with Crippen molar-refractivity contribution in [2.75, 3.05) is 6.61 Å². The van der Waals surface area contributed by atoms with Gasteiger partial charge < -0.3 is 0 Å². The Bertz CT molecular complexity index is 1310. The fourth-order valence-corrected chi connectivity index (χ4v) is 3.44. The number of carbonyl (C=O) groups excluding carboxylic acids is 1. The number of ketones is 1. The molecule has 0 spiro atoms. The van der Waals surface area contributed by atoms with Crippen molar-refractivity contribution in [3.63, 3.8) is 0 Å². The van der Waals surface area contributed by atoms with Crippen LogP contribution in [0.5, 0.6) is 0 Å². The largest absolute Gasteiger partial charge is 0.297 e. The quantitative estimate of drug-likeness (QED) is 0.0683. The number of unbranched alkanes of at least 4 members (excludes halogenated alkanes) is 14. The van der Waals surface area contributed by atoms with Crippen LogP contribution in [-0.4, -0.2) is 12.4 Å². The van der Waals surface area contributed by atoms with Gasteiger partial charge in [-0.3, -0.25) is 9.68 Å². The molecule has 0 saturated carbocycles. The highest BCUT2D eigenvalue weighted by atomic mass is 17.2. The van der Waals surface area contributed by atoms with E-state index in [2.05, 4.69) is 119 Å². The Morgan fingerprint density at radius 1 is 0.465 bits per heavy atom. The summed E-state index contributed by atoms with van der Waals surface area (Å²) >= 11 is 0. The van der Waals surface area contributed by atoms with E-state index >= 15 is 0 Å². The summed E-state index contributed by atoms with van der Waals surface area (Å²) in [6, 6.07) is 0. The number of rotatable bonds is 19.